The van der Waals surface area contributed by atoms with Crippen molar-refractivity contribution in [3.05, 3.63) is 72.9 Å². The number of carbonyl (C=O) groups excluding carboxylic acids is 2. The molecule has 2 fully saturated rings. The van der Waals surface area contributed by atoms with Crippen LogP contribution in [0.4, 0.5) is 0 Å². The maximum atomic E-state index is 13.0. The number of carbonyl (C=O) groups is 2. The van der Waals surface area contributed by atoms with Gasteiger partial charge in [-0.3, -0.25) is 9.59 Å². The van der Waals surface area contributed by atoms with Crippen LogP contribution in [0.3, 0.4) is 0 Å². The quantitative estimate of drug-likeness (QED) is 0.0209. The fourth-order valence-electron chi connectivity index (χ4n) is 7.18. The summed E-state index contributed by atoms with van der Waals surface area (Å²) in [6, 6.07) is 0. The Kier molecular flexibility index (Phi) is 33.9. The molecule has 0 spiro atoms. The number of allylic oxidation sites excluding steroid dienone is 12. The molecule has 11 atom stereocenters. The fourth-order valence-corrected chi connectivity index (χ4v) is 7.18. The van der Waals surface area contributed by atoms with E-state index in [-0.39, 0.29) is 19.4 Å². The van der Waals surface area contributed by atoms with Crippen molar-refractivity contribution in [1.29, 1.82) is 0 Å². The van der Waals surface area contributed by atoms with Crippen molar-refractivity contribution in [3.63, 3.8) is 0 Å². The van der Waals surface area contributed by atoms with Gasteiger partial charge in [-0.2, -0.15) is 0 Å². The Hall–Kier alpha value is -3.06. The average molecular weight is 937 g/mol. The van der Waals surface area contributed by atoms with E-state index in [9.17, 15) is 45.3 Å². The number of aliphatic hydroxyl groups excluding tert-OH is 7. The second kappa shape index (κ2) is 37.9. The van der Waals surface area contributed by atoms with Crippen molar-refractivity contribution < 1.29 is 73.8 Å². The molecule has 0 unspecified atom stereocenters. The van der Waals surface area contributed by atoms with E-state index in [0.29, 0.717) is 12.8 Å². The Morgan fingerprint density at radius 3 is 1.42 bits per heavy atom. The van der Waals surface area contributed by atoms with E-state index in [2.05, 4.69) is 86.8 Å². The minimum atomic E-state index is -1.77. The van der Waals surface area contributed by atoms with Crippen LogP contribution in [-0.4, -0.2) is 142 Å². The van der Waals surface area contributed by atoms with Crippen molar-refractivity contribution in [3.8, 4) is 0 Å². The summed E-state index contributed by atoms with van der Waals surface area (Å²) in [6.45, 7) is 2.30. The molecule has 0 aromatic heterocycles. The molecule has 0 aromatic carbocycles. The van der Waals surface area contributed by atoms with Gasteiger partial charge in [0.2, 0.25) is 0 Å². The van der Waals surface area contributed by atoms with Crippen molar-refractivity contribution in [2.45, 2.75) is 210 Å². The number of hydrogen-bond donors (Lipinski definition) is 7. The molecule has 2 rings (SSSR count). The van der Waals surface area contributed by atoms with Gasteiger partial charge in [0.25, 0.3) is 0 Å². The van der Waals surface area contributed by atoms with E-state index < -0.39 is 99.3 Å². The first-order valence-corrected chi connectivity index (χ1v) is 24.5. The van der Waals surface area contributed by atoms with E-state index in [1.807, 2.05) is 0 Å². The first kappa shape index (κ1) is 59.1. The van der Waals surface area contributed by atoms with E-state index in [4.69, 9.17) is 28.4 Å². The van der Waals surface area contributed by atoms with Crippen LogP contribution in [0.5, 0.6) is 0 Å². The standard InChI is InChI=1S/C51H84O15/c1-3-5-7-9-11-13-15-17-19-21-23-25-27-29-31-33-42(53)61-36-39(64-43(54)34-32-30-28-26-24-22-20-18-16-14-12-10-8-6-4-2)37-62-50-49(60)47(58)45(56)41(66-50)38-63-51-48(59)46(57)44(55)40(35-52)65-51/h5-8,11-14,17-20,39-41,44-52,55-60H,3-4,9-10,15-16,21-38H2,1-2H3/b7-5-,8-6-,13-11-,14-12-,19-17-,20-18-/t39-,40+,41-,44-,45-,46-,47+,48-,49-,50-,51+/m0/s1. The molecule has 2 aliphatic heterocycles. The van der Waals surface area contributed by atoms with Crippen molar-refractivity contribution in [1.82, 2.24) is 0 Å². The molecule has 2 heterocycles. The van der Waals surface area contributed by atoms with E-state index in [0.717, 1.165) is 103 Å². The molecule has 0 amide bonds. The van der Waals surface area contributed by atoms with Crippen LogP contribution in [0.15, 0.2) is 72.9 Å². The SMILES string of the molecule is CC/C=C\C/C=C\C/C=C\CCCCCCCC(=O)OC[C@@H](CO[C@H]1O[C@@H](CO[C@@H]2O[C@H](CO)[C@H](O)[C@H](O)[C@@H]2O)[C@H](O)[C@@H](O)[C@@H]1O)OC(=O)CCCCCCC/C=C\C/C=C\C/C=C\CC. The summed E-state index contributed by atoms with van der Waals surface area (Å²) in [5.41, 5.74) is 0. The van der Waals surface area contributed by atoms with Crippen LogP contribution in [0.25, 0.3) is 0 Å². The molecule has 66 heavy (non-hydrogen) atoms. The Balaban J connectivity index is 1.84. The summed E-state index contributed by atoms with van der Waals surface area (Å²) in [6.07, 6.45) is 26.5. The normalized spacial score (nSPS) is 26.8. The Bertz CT molecular complexity index is 1430. The predicted molar refractivity (Wildman–Crippen MR) is 252 cm³/mol. The summed E-state index contributed by atoms with van der Waals surface area (Å²) in [5, 5.41) is 72.0. The summed E-state index contributed by atoms with van der Waals surface area (Å²) >= 11 is 0. The summed E-state index contributed by atoms with van der Waals surface area (Å²) in [4.78, 5) is 25.7. The highest BCUT2D eigenvalue weighted by atomic mass is 16.7. The highest BCUT2D eigenvalue weighted by Gasteiger charge is 2.47. The Morgan fingerprint density at radius 2 is 0.909 bits per heavy atom. The van der Waals surface area contributed by atoms with Crippen LogP contribution in [0.1, 0.15) is 142 Å². The fraction of sp³-hybridized carbons (Fsp3) is 0.725. The van der Waals surface area contributed by atoms with Gasteiger partial charge in [-0.1, -0.05) is 125 Å². The van der Waals surface area contributed by atoms with Gasteiger partial charge >= 0.3 is 11.9 Å². The summed E-state index contributed by atoms with van der Waals surface area (Å²) in [7, 11) is 0. The van der Waals surface area contributed by atoms with Crippen LogP contribution in [0.2, 0.25) is 0 Å². The van der Waals surface area contributed by atoms with E-state index in [1.165, 1.54) is 0 Å². The van der Waals surface area contributed by atoms with Crippen LogP contribution in [-0.2, 0) is 38.0 Å². The van der Waals surface area contributed by atoms with E-state index >= 15 is 0 Å². The number of hydrogen-bond acceptors (Lipinski definition) is 15. The van der Waals surface area contributed by atoms with Crippen molar-refractivity contribution in [2.75, 3.05) is 26.4 Å². The van der Waals surface area contributed by atoms with Gasteiger partial charge in [0.05, 0.1) is 19.8 Å². The molecule has 0 bridgehead atoms. The number of aliphatic hydroxyl groups is 7. The zero-order chi connectivity index (χ0) is 48.2. The van der Waals surface area contributed by atoms with Gasteiger partial charge in [-0.15, -0.1) is 0 Å². The first-order valence-electron chi connectivity index (χ1n) is 24.5. The van der Waals surface area contributed by atoms with Gasteiger partial charge in [-0.05, 0) is 77.0 Å². The maximum absolute atomic E-state index is 13.0. The lowest BCUT2D eigenvalue weighted by atomic mass is 9.98. The topological polar surface area (TPSA) is 231 Å². The molecule has 0 aliphatic carbocycles. The average Bonchev–Trinajstić information content (AvgIpc) is 3.31. The third-order valence-electron chi connectivity index (χ3n) is 11.2. The molecule has 0 radical (unpaired) electrons. The molecule has 7 N–H and O–H groups in total. The molecule has 15 nitrogen and oxygen atoms in total. The zero-order valence-corrected chi connectivity index (χ0v) is 39.6. The predicted octanol–water partition coefficient (Wildman–Crippen LogP) is 6.26. The van der Waals surface area contributed by atoms with Crippen LogP contribution in [0, 0.1) is 0 Å². The molecular weight excluding hydrogens is 853 g/mol. The van der Waals surface area contributed by atoms with Crippen molar-refractivity contribution in [2.24, 2.45) is 0 Å². The van der Waals surface area contributed by atoms with Gasteiger partial charge in [0.1, 0.15) is 55.4 Å². The lowest BCUT2D eigenvalue weighted by Gasteiger charge is -2.42. The summed E-state index contributed by atoms with van der Waals surface area (Å²) < 4.78 is 33.5. The van der Waals surface area contributed by atoms with Gasteiger partial charge < -0.3 is 64.2 Å². The molecule has 0 saturated carbocycles. The van der Waals surface area contributed by atoms with Gasteiger partial charge in [0.15, 0.2) is 18.7 Å². The monoisotopic (exact) mass is 937 g/mol. The minimum absolute atomic E-state index is 0.138. The number of ether oxygens (including phenoxy) is 6. The third kappa shape index (κ3) is 25.9. The molecular formula is C51H84O15. The molecule has 15 heteroatoms. The van der Waals surface area contributed by atoms with Gasteiger partial charge in [0, 0.05) is 12.8 Å². The highest BCUT2D eigenvalue weighted by Crippen LogP contribution is 2.26. The second-order valence-electron chi connectivity index (χ2n) is 16.9. The smallest absolute Gasteiger partial charge is 0.306 e. The lowest BCUT2D eigenvalue weighted by molar-refractivity contribution is -0.332. The number of unbranched alkanes of at least 4 members (excludes halogenated alkanes) is 10. The van der Waals surface area contributed by atoms with Crippen molar-refractivity contribution >= 4 is 11.9 Å². The van der Waals surface area contributed by atoms with Crippen LogP contribution < -0.4 is 0 Å². The number of esters is 2. The second-order valence-corrected chi connectivity index (χ2v) is 16.9. The van der Waals surface area contributed by atoms with E-state index in [1.54, 1.807) is 0 Å². The van der Waals surface area contributed by atoms with Crippen LogP contribution >= 0.6 is 0 Å². The lowest BCUT2D eigenvalue weighted by Crippen LogP contribution is -2.61. The third-order valence-corrected chi connectivity index (χ3v) is 11.2. The van der Waals surface area contributed by atoms with Gasteiger partial charge in [-0.25, -0.2) is 0 Å². The molecule has 2 aliphatic rings. The minimum Gasteiger partial charge on any atom is -0.462 e. The molecule has 2 saturated heterocycles. The number of rotatable bonds is 36. The highest BCUT2D eigenvalue weighted by molar-refractivity contribution is 5.70. The first-order chi connectivity index (χ1) is 32.0. The summed E-state index contributed by atoms with van der Waals surface area (Å²) in [5.74, 6) is -0.973. The zero-order valence-electron chi connectivity index (χ0n) is 39.6. The molecule has 0 aromatic rings. The Morgan fingerprint density at radius 1 is 0.485 bits per heavy atom. The maximum Gasteiger partial charge on any atom is 0.306 e. The molecule has 378 valence electrons. The largest absolute Gasteiger partial charge is 0.462 e. The Labute approximate surface area is 393 Å².